The molecular formula is C11H13N2O2. The van der Waals surface area contributed by atoms with Crippen LogP contribution in [0.2, 0.25) is 0 Å². The van der Waals surface area contributed by atoms with Gasteiger partial charge in [-0.15, -0.1) is 0 Å². The molecule has 79 valence electrons. The maximum absolute atomic E-state index is 11.0. The summed E-state index contributed by atoms with van der Waals surface area (Å²) in [5.74, 6) is -0.236. The molecule has 3 N–H and O–H groups in total. The minimum absolute atomic E-state index is 0.0410. The van der Waals surface area contributed by atoms with Crippen molar-refractivity contribution in [2.45, 2.75) is 0 Å². The number of anilines is 1. The molecule has 1 rings (SSSR count). The summed E-state index contributed by atoms with van der Waals surface area (Å²) in [5.41, 5.74) is 6.73. The summed E-state index contributed by atoms with van der Waals surface area (Å²) in [6.07, 6.45) is 3.23. The van der Waals surface area contributed by atoms with Gasteiger partial charge in [-0.05, 0) is 17.7 Å². The second-order valence-electron chi connectivity index (χ2n) is 2.95. The number of nitrogens with two attached hydrogens (primary N) is 1. The predicted molar refractivity (Wildman–Crippen MR) is 58.7 cm³/mol. The summed E-state index contributed by atoms with van der Waals surface area (Å²) in [5, 5.41) is 12.9. The molecule has 0 aliphatic heterocycles. The quantitative estimate of drug-likeness (QED) is 0.770. The Balaban J connectivity index is 2.74. The monoisotopic (exact) mass is 205 g/mol. The number of benzene rings is 1. The molecule has 0 spiro atoms. The number of nitrogens with one attached hydrogen (secondary N) is 1. The lowest BCUT2D eigenvalue weighted by Gasteiger charge is -2.03. The van der Waals surface area contributed by atoms with Gasteiger partial charge < -0.3 is 11.1 Å². The van der Waals surface area contributed by atoms with Crippen molar-refractivity contribution in [3.8, 4) is 0 Å². The molecule has 1 aromatic rings. The highest BCUT2D eigenvalue weighted by molar-refractivity contribution is 5.92. The first-order valence-corrected chi connectivity index (χ1v) is 4.61. The highest BCUT2D eigenvalue weighted by atomic mass is 16.2. The van der Waals surface area contributed by atoms with Gasteiger partial charge in [0.1, 0.15) is 6.61 Å². The Hall–Kier alpha value is -1.65. The number of carbonyl (C=O) groups is 1. The van der Waals surface area contributed by atoms with Gasteiger partial charge in [-0.3, -0.25) is 4.79 Å². The van der Waals surface area contributed by atoms with E-state index in [0.29, 0.717) is 5.69 Å². The zero-order chi connectivity index (χ0) is 11.1. The standard InChI is InChI=1S/C11H13N2O2/c12-8-11(15)13-10-5-1-3-9(7-10)4-2-6-14/h1-5,7H,6,8,12H2,(H,13,15). The maximum Gasteiger partial charge on any atom is 0.238 e. The largest absolute Gasteiger partial charge is 0.325 e. The predicted octanol–water partition coefficient (Wildman–Crippen LogP) is 1.03. The Morgan fingerprint density at radius 2 is 2.27 bits per heavy atom. The third-order valence-electron chi connectivity index (χ3n) is 1.76. The van der Waals surface area contributed by atoms with Crippen LogP contribution in [0.5, 0.6) is 0 Å². The fourth-order valence-corrected chi connectivity index (χ4v) is 1.12. The minimum Gasteiger partial charge on any atom is -0.325 e. The first kappa shape index (κ1) is 11.4. The van der Waals surface area contributed by atoms with Crippen LogP contribution in [-0.2, 0) is 9.90 Å². The molecule has 0 saturated heterocycles. The van der Waals surface area contributed by atoms with Crippen LogP contribution in [0.25, 0.3) is 6.08 Å². The van der Waals surface area contributed by atoms with Crippen LogP contribution in [0.4, 0.5) is 5.69 Å². The van der Waals surface area contributed by atoms with Gasteiger partial charge in [0, 0.05) is 5.69 Å². The van der Waals surface area contributed by atoms with Gasteiger partial charge in [-0.1, -0.05) is 24.3 Å². The zero-order valence-electron chi connectivity index (χ0n) is 8.27. The summed E-state index contributed by atoms with van der Waals surface area (Å²) in [7, 11) is 0. The molecule has 15 heavy (non-hydrogen) atoms. The van der Waals surface area contributed by atoms with Crippen molar-refractivity contribution in [2.75, 3.05) is 18.5 Å². The second kappa shape index (κ2) is 5.95. The topological polar surface area (TPSA) is 75.0 Å². The van der Waals surface area contributed by atoms with Crippen molar-refractivity contribution in [1.29, 1.82) is 0 Å². The number of rotatable bonds is 4. The van der Waals surface area contributed by atoms with Crippen LogP contribution < -0.4 is 11.1 Å². The zero-order valence-corrected chi connectivity index (χ0v) is 8.27. The van der Waals surface area contributed by atoms with Crippen molar-refractivity contribution in [2.24, 2.45) is 5.73 Å². The molecular weight excluding hydrogens is 192 g/mol. The average molecular weight is 205 g/mol. The van der Waals surface area contributed by atoms with Crippen LogP contribution in [0.1, 0.15) is 5.56 Å². The second-order valence-corrected chi connectivity index (χ2v) is 2.95. The maximum atomic E-state index is 11.0. The summed E-state index contributed by atoms with van der Waals surface area (Å²) in [6.45, 7) is -0.292. The van der Waals surface area contributed by atoms with E-state index in [0.717, 1.165) is 5.56 Å². The van der Waals surface area contributed by atoms with E-state index in [1.807, 2.05) is 6.07 Å². The summed E-state index contributed by atoms with van der Waals surface area (Å²) in [6, 6.07) is 7.20. The van der Waals surface area contributed by atoms with E-state index in [2.05, 4.69) is 5.32 Å². The van der Waals surface area contributed by atoms with Crippen molar-refractivity contribution >= 4 is 17.7 Å². The third-order valence-corrected chi connectivity index (χ3v) is 1.76. The number of amides is 1. The fourth-order valence-electron chi connectivity index (χ4n) is 1.12. The Labute approximate surface area is 88.4 Å². The molecule has 1 radical (unpaired) electrons. The van der Waals surface area contributed by atoms with Crippen LogP contribution in [0, 0.1) is 0 Å². The fraction of sp³-hybridized carbons (Fsp3) is 0.182. The lowest BCUT2D eigenvalue weighted by atomic mass is 10.2. The van der Waals surface area contributed by atoms with Crippen LogP contribution in [0.15, 0.2) is 30.3 Å². The third kappa shape index (κ3) is 3.93. The van der Waals surface area contributed by atoms with Gasteiger partial charge in [-0.2, -0.15) is 0 Å². The van der Waals surface area contributed by atoms with Gasteiger partial charge in [-0.25, -0.2) is 5.11 Å². The molecule has 0 atom stereocenters. The van der Waals surface area contributed by atoms with Crippen LogP contribution >= 0.6 is 0 Å². The highest BCUT2D eigenvalue weighted by Crippen LogP contribution is 2.11. The SMILES string of the molecule is NCC(=O)Nc1cccc(C=CC[O])c1. The smallest absolute Gasteiger partial charge is 0.238 e. The molecule has 1 amide bonds. The van der Waals surface area contributed by atoms with E-state index in [-0.39, 0.29) is 19.1 Å². The highest BCUT2D eigenvalue weighted by Gasteiger charge is 1.98. The first-order chi connectivity index (χ1) is 7.26. The lowest BCUT2D eigenvalue weighted by Crippen LogP contribution is -2.21. The summed E-state index contributed by atoms with van der Waals surface area (Å²) >= 11 is 0. The summed E-state index contributed by atoms with van der Waals surface area (Å²) in [4.78, 5) is 11.0. The molecule has 0 saturated carbocycles. The van der Waals surface area contributed by atoms with E-state index < -0.39 is 0 Å². The van der Waals surface area contributed by atoms with Crippen molar-refractivity contribution in [1.82, 2.24) is 0 Å². The van der Waals surface area contributed by atoms with Gasteiger partial charge >= 0.3 is 0 Å². The molecule has 4 nitrogen and oxygen atoms in total. The average Bonchev–Trinajstić information content (AvgIpc) is 2.26. The molecule has 0 aromatic heterocycles. The van der Waals surface area contributed by atoms with Gasteiger partial charge in [0.2, 0.25) is 5.91 Å². The number of hydrogen-bond donors (Lipinski definition) is 2. The Kier molecular flexibility index (Phi) is 4.53. The van der Waals surface area contributed by atoms with E-state index >= 15 is 0 Å². The lowest BCUT2D eigenvalue weighted by molar-refractivity contribution is -0.114. The van der Waals surface area contributed by atoms with Crippen molar-refractivity contribution in [3.05, 3.63) is 35.9 Å². The van der Waals surface area contributed by atoms with Gasteiger partial charge in [0.05, 0.1) is 6.54 Å². The van der Waals surface area contributed by atoms with Gasteiger partial charge in [0.25, 0.3) is 0 Å². The van der Waals surface area contributed by atoms with E-state index in [9.17, 15) is 9.90 Å². The number of carbonyl (C=O) groups excluding carboxylic acids is 1. The molecule has 0 bridgehead atoms. The molecule has 0 fully saturated rings. The Bertz CT molecular complexity index is 361. The van der Waals surface area contributed by atoms with E-state index in [1.165, 1.54) is 6.08 Å². The van der Waals surface area contributed by atoms with Gasteiger partial charge in [0.15, 0.2) is 0 Å². The van der Waals surface area contributed by atoms with E-state index in [1.54, 1.807) is 24.3 Å². The summed E-state index contributed by atoms with van der Waals surface area (Å²) < 4.78 is 0. The van der Waals surface area contributed by atoms with Crippen molar-refractivity contribution < 1.29 is 9.90 Å². The normalized spacial score (nSPS) is 10.5. The molecule has 4 heteroatoms. The van der Waals surface area contributed by atoms with Crippen molar-refractivity contribution in [3.63, 3.8) is 0 Å². The molecule has 0 heterocycles. The van der Waals surface area contributed by atoms with Crippen LogP contribution in [0.3, 0.4) is 0 Å². The Morgan fingerprint density at radius 3 is 2.93 bits per heavy atom. The first-order valence-electron chi connectivity index (χ1n) is 4.61. The van der Waals surface area contributed by atoms with E-state index in [4.69, 9.17) is 5.73 Å². The minimum atomic E-state index is -0.251. The molecule has 0 aliphatic rings. The number of hydrogen-bond acceptors (Lipinski definition) is 2. The molecule has 0 aliphatic carbocycles. The molecule has 1 aromatic carbocycles. The Morgan fingerprint density at radius 1 is 1.47 bits per heavy atom. The van der Waals surface area contributed by atoms with Crippen LogP contribution in [-0.4, -0.2) is 19.1 Å². The molecule has 0 unspecified atom stereocenters.